The Morgan fingerprint density at radius 1 is 1.44 bits per heavy atom. The Morgan fingerprint density at radius 3 is 2.44 bits per heavy atom. The van der Waals surface area contributed by atoms with Crippen molar-refractivity contribution in [2.75, 3.05) is 7.05 Å². The molecule has 0 spiro atoms. The lowest BCUT2D eigenvalue weighted by molar-refractivity contribution is -0.109. The molecule has 0 aromatic carbocycles. The van der Waals surface area contributed by atoms with Gasteiger partial charge in [-0.25, -0.2) is 8.78 Å². The zero-order valence-electron chi connectivity index (χ0n) is 9.59. The molecule has 1 N–H and O–H groups in total. The predicted molar refractivity (Wildman–Crippen MR) is 61.3 cm³/mol. The van der Waals surface area contributed by atoms with E-state index >= 15 is 0 Å². The lowest BCUT2D eigenvalue weighted by Crippen LogP contribution is -2.26. The molecule has 0 aliphatic heterocycles. The molecule has 0 aromatic rings. The smallest absolute Gasteiger partial charge is 0.137 e. The van der Waals surface area contributed by atoms with Crippen LogP contribution in [0.1, 0.15) is 19.8 Å². The van der Waals surface area contributed by atoms with Gasteiger partial charge in [0, 0.05) is 0 Å². The van der Waals surface area contributed by atoms with E-state index in [9.17, 15) is 13.6 Å². The molecule has 0 radical (unpaired) electrons. The molecule has 0 aromatic heterocycles. The summed E-state index contributed by atoms with van der Waals surface area (Å²) >= 11 is 0. The maximum atomic E-state index is 13.1. The summed E-state index contributed by atoms with van der Waals surface area (Å²) in [6, 6.07) is -0.452. The number of allylic oxidation sites excluding steroid dienone is 4. The standard InChI is InChI=1S/C12H17F2NO/c1-4-11(14)6-10(5-9(2)13)7-12(8-16)15-3/h5-6,8,12,15H,2,4,7H2,1,3H3. The average Bonchev–Trinajstić information content (AvgIpc) is 2.24. The Kier molecular flexibility index (Phi) is 7.29. The second-order valence-electron chi connectivity index (χ2n) is 3.35. The molecule has 90 valence electrons. The first-order valence-electron chi connectivity index (χ1n) is 5.07. The Hall–Kier alpha value is -1.29. The number of nitrogens with one attached hydrogen (secondary N) is 1. The molecule has 0 aliphatic rings. The van der Waals surface area contributed by atoms with Crippen LogP contribution in [0.2, 0.25) is 0 Å². The third-order valence-electron chi connectivity index (χ3n) is 2.01. The minimum Gasteiger partial charge on any atom is -0.311 e. The number of hydrogen-bond donors (Lipinski definition) is 1. The monoisotopic (exact) mass is 229 g/mol. The van der Waals surface area contributed by atoms with Gasteiger partial charge in [0.15, 0.2) is 0 Å². The van der Waals surface area contributed by atoms with Gasteiger partial charge < -0.3 is 10.1 Å². The van der Waals surface area contributed by atoms with Crippen LogP contribution in [-0.4, -0.2) is 19.4 Å². The highest BCUT2D eigenvalue weighted by Crippen LogP contribution is 2.15. The van der Waals surface area contributed by atoms with E-state index in [2.05, 4.69) is 11.9 Å². The molecule has 1 unspecified atom stereocenters. The molecule has 0 amide bonds. The lowest BCUT2D eigenvalue weighted by Gasteiger charge is -2.09. The quantitative estimate of drug-likeness (QED) is 0.537. The van der Waals surface area contributed by atoms with Gasteiger partial charge in [-0.15, -0.1) is 0 Å². The fourth-order valence-corrected chi connectivity index (χ4v) is 1.14. The third-order valence-corrected chi connectivity index (χ3v) is 2.01. The zero-order chi connectivity index (χ0) is 12.6. The molecule has 0 rings (SSSR count). The second-order valence-corrected chi connectivity index (χ2v) is 3.35. The summed E-state index contributed by atoms with van der Waals surface area (Å²) in [5.74, 6) is -1.01. The molecule has 0 bridgehead atoms. The summed E-state index contributed by atoms with van der Waals surface area (Å²) in [7, 11) is 1.61. The van der Waals surface area contributed by atoms with E-state index < -0.39 is 11.9 Å². The molecule has 1 atom stereocenters. The molecule has 0 fully saturated rings. The van der Waals surface area contributed by atoms with E-state index in [4.69, 9.17) is 0 Å². The Bertz CT molecular complexity index is 308. The van der Waals surface area contributed by atoms with E-state index in [1.54, 1.807) is 14.0 Å². The highest BCUT2D eigenvalue weighted by atomic mass is 19.1. The molecule has 0 aliphatic carbocycles. The topological polar surface area (TPSA) is 29.1 Å². The minimum absolute atomic E-state index is 0.232. The van der Waals surface area contributed by atoms with Crippen molar-refractivity contribution in [2.24, 2.45) is 0 Å². The van der Waals surface area contributed by atoms with Gasteiger partial charge in [-0.3, -0.25) is 0 Å². The molecule has 0 saturated heterocycles. The highest BCUT2D eigenvalue weighted by molar-refractivity contribution is 5.58. The number of carbonyl (C=O) groups excluding carboxylic acids is 1. The maximum Gasteiger partial charge on any atom is 0.137 e. The van der Waals surface area contributed by atoms with Crippen LogP contribution in [0.25, 0.3) is 0 Å². The van der Waals surface area contributed by atoms with Crippen LogP contribution in [0.5, 0.6) is 0 Å². The van der Waals surface area contributed by atoms with E-state index in [-0.39, 0.29) is 18.7 Å². The number of likely N-dealkylation sites (N-methyl/N-ethyl adjacent to an activating group) is 1. The summed E-state index contributed by atoms with van der Waals surface area (Å²) < 4.78 is 25.7. The highest BCUT2D eigenvalue weighted by Gasteiger charge is 2.07. The number of aldehydes is 1. The molecule has 0 saturated carbocycles. The first kappa shape index (κ1) is 14.7. The number of hydrogen-bond acceptors (Lipinski definition) is 2. The summed E-state index contributed by atoms with van der Waals surface area (Å²) in [6.07, 6.45) is 3.53. The van der Waals surface area contributed by atoms with Gasteiger partial charge in [0.25, 0.3) is 0 Å². The van der Waals surface area contributed by atoms with Crippen LogP contribution in [-0.2, 0) is 4.79 Å². The second kappa shape index (κ2) is 7.93. The Balaban J connectivity index is 4.82. The van der Waals surface area contributed by atoms with Crippen molar-refractivity contribution in [1.29, 1.82) is 0 Å². The minimum atomic E-state index is -0.657. The van der Waals surface area contributed by atoms with Crippen molar-refractivity contribution < 1.29 is 13.6 Å². The first-order valence-corrected chi connectivity index (χ1v) is 5.07. The predicted octanol–water partition coefficient (Wildman–Crippen LogP) is 2.84. The molecule has 0 heterocycles. The van der Waals surface area contributed by atoms with Gasteiger partial charge in [0.05, 0.1) is 11.9 Å². The van der Waals surface area contributed by atoms with Gasteiger partial charge in [-0.05, 0) is 37.6 Å². The summed E-state index contributed by atoms with van der Waals surface area (Å²) in [5, 5.41) is 2.73. The van der Waals surface area contributed by atoms with Crippen molar-refractivity contribution in [3.8, 4) is 0 Å². The third kappa shape index (κ3) is 6.24. The van der Waals surface area contributed by atoms with E-state index in [0.29, 0.717) is 11.9 Å². The van der Waals surface area contributed by atoms with Crippen molar-refractivity contribution in [2.45, 2.75) is 25.8 Å². The van der Waals surface area contributed by atoms with E-state index in [1.165, 1.54) is 6.08 Å². The van der Waals surface area contributed by atoms with Gasteiger partial charge in [0.1, 0.15) is 12.1 Å². The normalized spacial score (nSPS) is 14.8. The van der Waals surface area contributed by atoms with Crippen LogP contribution in [0.4, 0.5) is 8.78 Å². The average molecular weight is 229 g/mol. The van der Waals surface area contributed by atoms with Gasteiger partial charge in [-0.2, -0.15) is 0 Å². The van der Waals surface area contributed by atoms with E-state index in [1.807, 2.05) is 0 Å². The van der Waals surface area contributed by atoms with Gasteiger partial charge >= 0.3 is 0 Å². The summed E-state index contributed by atoms with van der Waals surface area (Å²) in [6.45, 7) is 4.74. The molecular formula is C12H17F2NO. The number of rotatable bonds is 7. The first-order chi connectivity index (χ1) is 7.53. The summed E-state index contributed by atoms with van der Waals surface area (Å²) in [4.78, 5) is 10.6. The lowest BCUT2D eigenvalue weighted by atomic mass is 10.1. The van der Waals surface area contributed by atoms with Crippen LogP contribution >= 0.6 is 0 Å². The molecule has 16 heavy (non-hydrogen) atoms. The Labute approximate surface area is 94.7 Å². The van der Waals surface area contributed by atoms with E-state index in [0.717, 1.165) is 6.08 Å². The van der Waals surface area contributed by atoms with Crippen molar-refractivity contribution >= 4 is 6.29 Å². The fraction of sp³-hybridized carbons (Fsp3) is 0.417. The molecule has 2 nitrogen and oxygen atoms in total. The summed E-state index contributed by atoms with van der Waals surface area (Å²) in [5.41, 5.74) is 0.401. The number of carbonyl (C=O) groups is 1. The van der Waals surface area contributed by atoms with Gasteiger partial charge in [0.2, 0.25) is 0 Å². The van der Waals surface area contributed by atoms with Crippen LogP contribution < -0.4 is 5.32 Å². The zero-order valence-corrected chi connectivity index (χ0v) is 9.59. The molecular weight excluding hydrogens is 212 g/mol. The number of halogens is 2. The van der Waals surface area contributed by atoms with Crippen molar-refractivity contribution in [3.63, 3.8) is 0 Å². The Morgan fingerprint density at radius 2 is 2.06 bits per heavy atom. The fourth-order valence-electron chi connectivity index (χ4n) is 1.14. The van der Waals surface area contributed by atoms with Crippen molar-refractivity contribution in [1.82, 2.24) is 5.32 Å². The SMILES string of the molecule is C=C(F)C=C(C=C(F)CC)CC(C=O)NC. The maximum absolute atomic E-state index is 13.1. The largest absolute Gasteiger partial charge is 0.311 e. The van der Waals surface area contributed by atoms with Gasteiger partial charge in [-0.1, -0.05) is 13.5 Å². The van der Waals surface area contributed by atoms with Crippen LogP contribution in [0, 0.1) is 0 Å². The van der Waals surface area contributed by atoms with Crippen LogP contribution in [0.15, 0.2) is 36.0 Å². The molecule has 4 heteroatoms. The van der Waals surface area contributed by atoms with Crippen LogP contribution in [0.3, 0.4) is 0 Å². The van der Waals surface area contributed by atoms with Crippen molar-refractivity contribution in [3.05, 3.63) is 36.0 Å².